The van der Waals surface area contributed by atoms with Crippen LogP contribution in [0.1, 0.15) is 47.0 Å². The van der Waals surface area contributed by atoms with Gasteiger partial charge in [0.25, 0.3) is 0 Å². The summed E-state index contributed by atoms with van der Waals surface area (Å²) in [6, 6.07) is 0. The van der Waals surface area contributed by atoms with Crippen LogP contribution in [-0.2, 0) is 9.53 Å². The van der Waals surface area contributed by atoms with E-state index in [1.807, 2.05) is 4.90 Å². The summed E-state index contributed by atoms with van der Waals surface area (Å²) in [4.78, 5) is 14.7. The minimum absolute atomic E-state index is 0. The fourth-order valence-corrected chi connectivity index (χ4v) is 3.57. The van der Waals surface area contributed by atoms with Gasteiger partial charge in [-0.15, -0.1) is 12.4 Å². The zero-order chi connectivity index (χ0) is 15.0. The van der Waals surface area contributed by atoms with E-state index in [0.717, 1.165) is 39.0 Å². The maximum absolute atomic E-state index is 12.6. The molecule has 0 aromatic rings. The van der Waals surface area contributed by atoms with E-state index >= 15 is 0 Å². The van der Waals surface area contributed by atoms with Gasteiger partial charge in [0.15, 0.2) is 0 Å². The molecule has 0 aromatic carbocycles. The molecule has 1 saturated heterocycles. The first-order valence-corrected chi connectivity index (χ1v) is 7.93. The Morgan fingerprint density at radius 1 is 1.19 bits per heavy atom. The second-order valence-electron chi connectivity index (χ2n) is 7.41. The molecule has 124 valence electrons. The van der Waals surface area contributed by atoms with Gasteiger partial charge in [-0.25, -0.2) is 0 Å². The second-order valence-corrected chi connectivity index (χ2v) is 7.41. The maximum atomic E-state index is 12.6. The lowest BCUT2D eigenvalue weighted by molar-refractivity contribution is -0.136. The van der Waals surface area contributed by atoms with Crippen molar-refractivity contribution < 1.29 is 9.53 Å². The summed E-state index contributed by atoms with van der Waals surface area (Å²) < 4.78 is 5.79. The monoisotopic (exact) mass is 318 g/mol. The number of ether oxygens (including phenoxy) is 1. The molecule has 0 bridgehead atoms. The molecule has 2 fully saturated rings. The minimum atomic E-state index is 0. The van der Waals surface area contributed by atoms with Crippen molar-refractivity contribution in [2.75, 3.05) is 26.2 Å². The highest BCUT2D eigenvalue weighted by molar-refractivity contribution is 5.85. The molecule has 0 atom stereocenters. The summed E-state index contributed by atoms with van der Waals surface area (Å²) >= 11 is 0. The highest BCUT2D eigenvalue weighted by Gasteiger charge is 2.68. The lowest BCUT2D eigenvalue weighted by Crippen LogP contribution is -2.42. The van der Waals surface area contributed by atoms with E-state index < -0.39 is 0 Å². The number of nitrogens with two attached hydrogens (primary N) is 1. The summed E-state index contributed by atoms with van der Waals surface area (Å²) in [5.41, 5.74) is 5.74. The highest BCUT2D eigenvalue weighted by atomic mass is 35.5. The van der Waals surface area contributed by atoms with Gasteiger partial charge in [-0.1, -0.05) is 27.7 Å². The third-order valence-electron chi connectivity index (χ3n) is 5.72. The van der Waals surface area contributed by atoms with Crippen LogP contribution in [0.5, 0.6) is 0 Å². The van der Waals surface area contributed by atoms with Crippen molar-refractivity contribution in [1.82, 2.24) is 4.90 Å². The van der Waals surface area contributed by atoms with Crippen molar-refractivity contribution in [1.29, 1.82) is 0 Å². The lowest BCUT2D eigenvalue weighted by atomic mass is 10.0. The van der Waals surface area contributed by atoms with Gasteiger partial charge in [-0.3, -0.25) is 4.79 Å². The summed E-state index contributed by atoms with van der Waals surface area (Å²) in [5.74, 6) is 0.533. The first kappa shape index (κ1) is 18.7. The van der Waals surface area contributed by atoms with Crippen molar-refractivity contribution in [3.63, 3.8) is 0 Å². The molecule has 2 N–H and O–H groups in total. The minimum Gasteiger partial charge on any atom is -0.378 e. The van der Waals surface area contributed by atoms with Crippen LogP contribution in [0.25, 0.3) is 0 Å². The van der Waals surface area contributed by atoms with Crippen LogP contribution >= 0.6 is 12.4 Å². The molecule has 0 aromatic heterocycles. The predicted molar refractivity (Wildman–Crippen MR) is 87.5 cm³/mol. The fourth-order valence-electron chi connectivity index (χ4n) is 3.57. The van der Waals surface area contributed by atoms with Crippen LogP contribution in [0.3, 0.4) is 0 Å². The quantitative estimate of drug-likeness (QED) is 0.792. The average Bonchev–Trinajstić information content (AvgIpc) is 2.80. The molecule has 1 heterocycles. The van der Waals surface area contributed by atoms with E-state index in [0.29, 0.717) is 18.6 Å². The van der Waals surface area contributed by atoms with Gasteiger partial charge in [0.1, 0.15) is 0 Å². The van der Waals surface area contributed by atoms with Crippen molar-refractivity contribution in [3.8, 4) is 0 Å². The Morgan fingerprint density at radius 3 is 2.14 bits per heavy atom. The average molecular weight is 319 g/mol. The molecule has 1 aliphatic carbocycles. The van der Waals surface area contributed by atoms with E-state index in [1.165, 1.54) is 0 Å². The highest BCUT2D eigenvalue weighted by Crippen LogP contribution is 2.68. The number of nitrogens with zero attached hydrogens (tertiary/aromatic N) is 1. The van der Waals surface area contributed by atoms with Gasteiger partial charge in [-0.2, -0.15) is 0 Å². The van der Waals surface area contributed by atoms with E-state index in [4.69, 9.17) is 10.5 Å². The largest absolute Gasteiger partial charge is 0.378 e. The standard InChI is InChI=1S/C16H30N2O2.ClH/c1-15(2)13(16(15,3)4)14(19)18-9-6-12(7-10-18)20-11-5-8-17;/h12-13H,5-11,17H2,1-4H3;1H. The lowest BCUT2D eigenvalue weighted by Gasteiger charge is -2.32. The summed E-state index contributed by atoms with van der Waals surface area (Å²) in [7, 11) is 0. The number of likely N-dealkylation sites (tertiary alicyclic amines) is 1. The molecule has 0 radical (unpaired) electrons. The molecule has 4 nitrogen and oxygen atoms in total. The molecule has 21 heavy (non-hydrogen) atoms. The molecule has 1 aliphatic heterocycles. The Kier molecular flexibility index (Phi) is 6.10. The van der Waals surface area contributed by atoms with Gasteiger partial charge < -0.3 is 15.4 Å². The molecule has 1 saturated carbocycles. The van der Waals surface area contributed by atoms with E-state index in [-0.39, 0.29) is 29.2 Å². The van der Waals surface area contributed by atoms with Crippen molar-refractivity contribution in [3.05, 3.63) is 0 Å². The van der Waals surface area contributed by atoms with Crippen LogP contribution in [0.2, 0.25) is 0 Å². The Morgan fingerprint density at radius 2 is 1.71 bits per heavy atom. The Labute approximate surface area is 135 Å². The number of hydrogen-bond acceptors (Lipinski definition) is 3. The normalized spacial score (nSPS) is 24.5. The van der Waals surface area contributed by atoms with Crippen LogP contribution in [0, 0.1) is 16.7 Å². The summed E-state index contributed by atoms with van der Waals surface area (Å²) in [5, 5.41) is 0. The van der Waals surface area contributed by atoms with Gasteiger partial charge in [0.2, 0.25) is 5.91 Å². The number of rotatable bonds is 5. The van der Waals surface area contributed by atoms with Gasteiger partial charge in [0, 0.05) is 25.6 Å². The Balaban J connectivity index is 0.00000220. The number of amides is 1. The topological polar surface area (TPSA) is 55.6 Å². The maximum Gasteiger partial charge on any atom is 0.226 e. The molecule has 1 amide bonds. The van der Waals surface area contributed by atoms with Crippen molar-refractivity contribution in [2.24, 2.45) is 22.5 Å². The smallest absolute Gasteiger partial charge is 0.226 e. The third-order valence-corrected chi connectivity index (χ3v) is 5.72. The molecule has 0 spiro atoms. The van der Waals surface area contributed by atoms with E-state index in [1.54, 1.807) is 0 Å². The van der Waals surface area contributed by atoms with Crippen LogP contribution in [-0.4, -0.2) is 43.2 Å². The SMILES string of the molecule is CC1(C)C(C(=O)N2CCC(OCCCN)CC2)C1(C)C.Cl. The van der Waals surface area contributed by atoms with E-state index in [9.17, 15) is 4.79 Å². The molecule has 5 heteroatoms. The summed E-state index contributed by atoms with van der Waals surface area (Å²) in [6.45, 7) is 11.9. The van der Waals surface area contributed by atoms with Gasteiger partial charge in [-0.05, 0) is 36.6 Å². The number of carbonyl (C=O) groups excluding carboxylic acids is 1. The second kappa shape index (κ2) is 6.84. The molecule has 2 aliphatic rings. The third kappa shape index (κ3) is 3.54. The van der Waals surface area contributed by atoms with Gasteiger partial charge >= 0.3 is 0 Å². The van der Waals surface area contributed by atoms with E-state index in [2.05, 4.69) is 27.7 Å². The van der Waals surface area contributed by atoms with Crippen LogP contribution in [0.15, 0.2) is 0 Å². The van der Waals surface area contributed by atoms with Crippen molar-refractivity contribution >= 4 is 18.3 Å². The number of halogens is 1. The van der Waals surface area contributed by atoms with Crippen LogP contribution in [0.4, 0.5) is 0 Å². The molecule has 2 rings (SSSR count). The number of carbonyl (C=O) groups is 1. The van der Waals surface area contributed by atoms with Crippen LogP contribution < -0.4 is 5.73 Å². The molecular weight excluding hydrogens is 288 g/mol. The van der Waals surface area contributed by atoms with Crippen molar-refractivity contribution in [2.45, 2.75) is 53.1 Å². The number of hydrogen-bond donors (Lipinski definition) is 1. The molecular formula is C16H31ClN2O2. The predicted octanol–water partition coefficient (Wildman–Crippen LogP) is 2.45. The zero-order valence-electron chi connectivity index (χ0n) is 13.9. The Bertz CT molecular complexity index is 349. The Hall–Kier alpha value is -0.320. The van der Waals surface area contributed by atoms with Gasteiger partial charge in [0.05, 0.1) is 6.10 Å². The first-order valence-electron chi connectivity index (χ1n) is 7.93. The zero-order valence-corrected chi connectivity index (χ0v) is 14.7. The molecule has 0 unspecified atom stereocenters. The first-order chi connectivity index (χ1) is 9.32. The summed E-state index contributed by atoms with van der Waals surface area (Å²) in [6.07, 6.45) is 3.16. The number of piperidine rings is 1. The fraction of sp³-hybridized carbons (Fsp3) is 0.938.